The minimum absolute atomic E-state index is 0.146. The van der Waals surface area contributed by atoms with Gasteiger partial charge in [0.05, 0.1) is 5.69 Å². The highest BCUT2D eigenvalue weighted by molar-refractivity contribution is 5.65. The van der Waals surface area contributed by atoms with Gasteiger partial charge in [-0.25, -0.2) is 4.98 Å². The summed E-state index contributed by atoms with van der Waals surface area (Å²) in [5.74, 6) is 0.363. The van der Waals surface area contributed by atoms with E-state index in [1.54, 1.807) is 6.07 Å². The molecule has 0 unspecified atom stereocenters. The maximum atomic E-state index is 8.60. The average Bonchev–Trinajstić information content (AvgIpc) is 2.14. The number of aliphatic hydroxyl groups excluding tert-OH is 1. The third-order valence-corrected chi connectivity index (χ3v) is 1.91. The molecule has 0 radical (unpaired) electrons. The van der Waals surface area contributed by atoms with E-state index in [1.165, 1.54) is 0 Å². The highest BCUT2D eigenvalue weighted by Gasteiger charge is 2.00. The van der Waals surface area contributed by atoms with E-state index in [4.69, 9.17) is 16.6 Å². The molecule has 1 heterocycles. The predicted octanol–water partition coefficient (Wildman–Crippen LogP) is 0.950. The van der Waals surface area contributed by atoms with Crippen molar-refractivity contribution in [3.05, 3.63) is 23.4 Å². The monoisotopic (exact) mass is 193 g/mol. The van der Waals surface area contributed by atoms with Gasteiger partial charge in [-0.15, -0.1) is 0 Å². The molecular formula is C10H15N3O. The molecule has 0 saturated heterocycles. The molecule has 1 rings (SSSR count). The first kappa shape index (κ1) is 10.5. The Morgan fingerprint density at radius 3 is 2.86 bits per heavy atom. The van der Waals surface area contributed by atoms with E-state index in [0.717, 1.165) is 11.3 Å². The zero-order valence-electron chi connectivity index (χ0n) is 8.20. The molecule has 0 saturated carbocycles. The van der Waals surface area contributed by atoms with Crippen LogP contribution in [0.25, 0.3) is 6.08 Å². The van der Waals surface area contributed by atoms with Gasteiger partial charge in [0.2, 0.25) is 0 Å². The Bertz CT molecular complexity index is 347. The van der Waals surface area contributed by atoms with Crippen LogP contribution in [0.4, 0.5) is 11.5 Å². The molecule has 0 bridgehead atoms. The fraction of sp³-hybridized carbons (Fsp3) is 0.300. The predicted molar refractivity (Wildman–Crippen MR) is 58.5 cm³/mol. The van der Waals surface area contributed by atoms with Crippen LogP contribution in [0.1, 0.15) is 17.7 Å². The molecule has 1 aromatic rings. The second kappa shape index (κ2) is 4.62. The van der Waals surface area contributed by atoms with Crippen LogP contribution in [0, 0.1) is 6.92 Å². The second-order valence-corrected chi connectivity index (χ2v) is 3.05. The lowest BCUT2D eigenvalue weighted by Crippen LogP contribution is -2.00. The molecule has 4 nitrogen and oxygen atoms in total. The number of rotatable bonds is 3. The van der Waals surface area contributed by atoms with E-state index >= 15 is 0 Å². The molecule has 14 heavy (non-hydrogen) atoms. The summed E-state index contributed by atoms with van der Waals surface area (Å²) >= 11 is 0. The number of hydrogen-bond acceptors (Lipinski definition) is 4. The Morgan fingerprint density at radius 1 is 1.50 bits per heavy atom. The molecule has 0 aliphatic heterocycles. The Morgan fingerprint density at radius 2 is 2.21 bits per heavy atom. The summed E-state index contributed by atoms with van der Waals surface area (Å²) in [6.45, 7) is 2.02. The number of nitrogen functional groups attached to an aromatic ring is 2. The van der Waals surface area contributed by atoms with Crippen molar-refractivity contribution in [2.24, 2.45) is 0 Å². The molecule has 4 heteroatoms. The summed E-state index contributed by atoms with van der Waals surface area (Å²) in [6, 6.07) is 1.78. The Kier molecular flexibility index (Phi) is 3.48. The average molecular weight is 193 g/mol. The normalized spacial score (nSPS) is 11.0. The van der Waals surface area contributed by atoms with Crippen LogP contribution in [-0.2, 0) is 0 Å². The van der Waals surface area contributed by atoms with Crippen molar-refractivity contribution in [1.82, 2.24) is 4.98 Å². The standard InChI is InChI=1S/C10H15N3O/c1-7-8(4-2-3-5-14)6-9(11)10(12)13-7/h2,4,6,14H,3,5,11H2,1H3,(H2,12,13). The Hall–Kier alpha value is -1.55. The number of anilines is 2. The van der Waals surface area contributed by atoms with Crippen molar-refractivity contribution in [3.63, 3.8) is 0 Å². The largest absolute Gasteiger partial charge is 0.396 e. The smallest absolute Gasteiger partial charge is 0.146 e. The third kappa shape index (κ3) is 2.47. The SMILES string of the molecule is Cc1nc(N)c(N)cc1C=CCCO. The first-order valence-electron chi connectivity index (χ1n) is 4.45. The highest BCUT2D eigenvalue weighted by atomic mass is 16.2. The van der Waals surface area contributed by atoms with Gasteiger partial charge < -0.3 is 16.6 Å². The van der Waals surface area contributed by atoms with Gasteiger partial charge in [0.1, 0.15) is 5.82 Å². The molecule has 0 aromatic carbocycles. The van der Waals surface area contributed by atoms with Gasteiger partial charge >= 0.3 is 0 Å². The molecule has 76 valence electrons. The Balaban J connectivity index is 2.92. The fourth-order valence-corrected chi connectivity index (χ4v) is 1.11. The molecule has 5 N–H and O–H groups in total. The highest BCUT2D eigenvalue weighted by Crippen LogP contribution is 2.17. The number of aromatic nitrogens is 1. The fourth-order valence-electron chi connectivity index (χ4n) is 1.11. The van der Waals surface area contributed by atoms with Crippen molar-refractivity contribution < 1.29 is 5.11 Å². The number of hydrogen-bond donors (Lipinski definition) is 3. The summed E-state index contributed by atoms with van der Waals surface area (Å²) in [5.41, 5.74) is 13.4. The molecule has 0 aliphatic carbocycles. The van der Waals surface area contributed by atoms with Crippen LogP contribution in [0.3, 0.4) is 0 Å². The van der Waals surface area contributed by atoms with Gasteiger partial charge in [-0.3, -0.25) is 0 Å². The molecular weight excluding hydrogens is 178 g/mol. The van der Waals surface area contributed by atoms with Crippen molar-refractivity contribution in [1.29, 1.82) is 0 Å². The number of pyridine rings is 1. The lowest BCUT2D eigenvalue weighted by molar-refractivity contribution is 0.303. The second-order valence-electron chi connectivity index (χ2n) is 3.05. The minimum atomic E-state index is 0.146. The molecule has 0 fully saturated rings. The topological polar surface area (TPSA) is 85.2 Å². The number of nitrogens with two attached hydrogens (primary N) is 2. The molecule has 0 aliphatic rings. The maximum absolute atomic E-state index is 8.60. The summed E-state index contributed by atoms with van der Waals surface area (Å²) < 4.78 is 0. The van der Waals surface area contributed by atoms with Crippen LogP contribution < -0.4 is 11.5 Å². The summed E-state index contributed by atoms with van der Waals surface area (Å²) in [7, 11) is 0. The lowest BCUT2D eigenvalue weighted by atomic mass is 10.1. The van der Waals surface area contributed by atoms with E-state index in [-0.39, 0.29) is 6.61 Å². The molecule has 0 atom stereocenters. The van der Waals surface area contributed by atoms with Crippen molar-refractivity contribution in [2.45, 2.75) is 13.3 Å². The summed E-state index contributed by atoms with van der Waals surface area (Å²) in [6.07, 6.45) is 4.39. The maximum Gasteiger partial charge on any atom is 0.146 e. The van der Waals surface area contributed by atoms with Gasteiger partial charge in [-0.05, 0) is 25.0 Å². The van der Waals surface area contributed by atoms with Gasteiger partial charge in [0, 0.05) is 12.3 Å². The van der Waals surface area contributed by atoms with E-state index in [1.807, 2.05) is 19.1 Å². The van der Waals surface area contributed by atoms with E-state index < -0.39 is 0 Å². The van der Waals surface area contributed by atoms with Crippen molar-refractivity contribution in [2.75, 3.05) is 18.1 Å². The van der Waals surface area contributed by atoms with E-state index in [0.29, 0.717) is 17.9 Å². The van der Waals surface area contributed by atoms with E-state index in [2.05, 4.69) is 4.98 Å². The van der Waals surface area contributed by atoms with Crippen LogP contribution in [0.15, 0.2) is 12.1 Å². The number of aliphatic hydroxyl groups is 1. The van der Waals surface area contributed by atoms with Crippen LogP contribution >= 0.6 is 0 Å². The minimum Gasteiger partial charge on any atom is -0.396 e. The van der Waals surface area contributed by atoms with Gasteiger partial charge in [0.25, 0.3) is 0 Å². The lowest BCUT2D eigenvalue weighted by Gasteiger charge is -2.04. The summed E-state index contributed by atoms with van der Waals surface area (Å²) in [5, 5.41) is 8.60. The third-order valence-electron chi connectivity index (χ3n) is 1.91. The summed E-state index contributed by atoms with van der Waals surface area (Å²) in [4.78, 5) is 4.09. The first-order valence-corrected chi connectivity index (χ1v) is 4.45. The zero-order valence-corrected chi connectivity index (χ0v) is 8.20. The van der Waals surface area contributed by atoms with Gasteiger partial charge in [-0.2, -0.15) is 0 Å². The number of aryl methyl sites for hydroxylation is 1. The van der Waals surface area contributed by atoms with E-state index in [9.17, 15) is 0 Å². The van der Waals surface area contributed by atoms with Crippen molar-refractivity contribution in [3.8, 4) is 0 Å². The van der Waals surface area contributed by atoms with Crippen LogP contribution in [-0.4, -0.2) is 16.7 Å². The first-order chi connectivity index (χ1) is 6.65. The molecule has 0 amide bonds. The number of nitrogens with zero attached hydrogens (tertiary/aromatic N) is 1. The zero-order chi connectivity index (χ0) is 10.6. The quantitative estimate of drug-likeness (QED) is 0.667. The molecule has 0 spiro atoms. The Labute approximate surface area is 83.3 Å². The van der Waals surface area contributed by atoms with Gasteiger partial charge in [-0.1, -0.05) is 12.2 Å². The van der Waals surface area contributed by atoms with Crippen LogP contribution in [0.2, 0.25) is 0 Å². The van der Waals surface area contributed by atoms with Gasteiger partial charge in [0.15, 0.2) is 0 Å². The van der Waals surface area contributed by atoms with Crippen LogP contribution in [0.5, 0.6) is 0 Å². The molecule has 1 aromatic heterocycles. The van der Waals surface area contributed by atoms with Crippen molar-refractivity contribution >= 4 is 17.6 Å².